The minimum atomic E-state index is -0.168. The number of aliphatic hydroxyl groups excluding tert-OH is 1. The summed E-state index contributed by atoms with van der Waals surface area (Å²) in [6.45, 7) is 8.35. The zero-order valence-corrected chi connectivity index (χ0v) is 19.4. The summed E-state index contributed by atoms with van der Waals surface area (Å²) in [4.78, 5) is 24.7. The molecule has 176 valence electrons. The molecule has 0 aromatic heterocycles. The lowest BCUT2D eigenvalue weighted by molar-refractivity contribution is -0.156. The van der Waals surface area contributed by atoms with Crippen LogP contribution in [0.4, 0.5) is 0 Å². The Morgan fingerprint density at radius 2 is 1.50 bits per heavy atom. The molecule has 6 nitrogen and oxygen atoms in total. The fraction of sp³-hybridized carbons (Fsp3) is 0.917. The van der Waals surface area contributed by atoms with Crippen LogP contribution >= 0.6 is 0 Å². The van der Waals surface area contributed by atoms with Crippen molar-refractivity contribution in [1.29, 1.82) is 0 Å². The van der Waals surface area contributed by atoms with Gasteiger partial charge in [-0.2, -0.15) is 0 Å². The summed E-state index contributed by atoms with van der Waals surface area (Å²) < 4.78 is 16.4. The fourth-order valence-corrected chi connectivity index (χ4v) is 3.96. The molecule has 0 radical (unpaired) electrons. The van der Waals surface area contributed by atoms with E-state index in [9.17, 15) is 14.7 Å². The third-order valence-electron chi connectivity index (χ3n) is 5.98. The average Bonchev–Trinajstić information content (AvgIpc) is 2.77. The topological polar surface area (TPSA) is 82.1 Å². The summed E-state index contributed by atoms with van der Waals surface area (Å²) in [7, 11) is 0. The second kappa shape index (κ2) is 16.5. The van der Waals surface area contributed by atoms with E-state index >= 15 is 0 Å². The monoisotopic (exact) mass is 428 g/mol. The second-order valence-electron chi connectivity index (χ2n) is 8.84. The Balaban J connectivity index is 2.27. The van der Waals surface area contributed by atoms with Gasteiger partial charge in [-0.3, -0.25) is 9.59 Å². The van der Waals surface area contributed by atoms with Crippen LogP contribution in [0, 0.1) is 23.7 Å². The molecule has 1 rings (SSSR count). The van der Waals surface area contributed by atoms with Crippen molar-refractivity contribution in [3.8, 4) is 0 Å². The fourth-order valence-electron chi connectivity index (χ4n) is 3.96. The Bertz CT molecular complexity index is 459. The average molecular weight is 429 g/mol. The zero-order chi connectivity index (χ0) is 22.2. The van der Waals surface area contributed by atoms with Crippen LogP contribution in [-0.4, -0.2) is 50.1 Å². The van der Waals surface area contributed by atoms with E-state index in [1.165, 1.54) is 0 Å². The predicted octanol–water partition coefficient (Wildman–Crippen LogP) is 4.52. The summed E-state index contributed by atoms with van der Waals surface area (Å²) in [6, 6.07) is 0. The van der Waals surface area contributed by atoms with Gasteiger partial charge in [-0.05, 0) is 56.8 Å². The SMILES string of the molecule is CCCCOCCOC(=O)C1CCC(C(=O)OCC(CCCC)C[C@H](C)CO)CC1. The standard InChI is InChI=1S/C24H44O6/c1-4-6-8-20(16-19(3)17-25)18-30-24(27)22-11-9-21(10-12-22)23(26)29-15-14-28-13-7-5-2/h19-22,25H,4-18H2,1-3H3/t19-,20?,21?,22?/m0/s1. The number of esters is 2. The van der Waals surface area contributed by atoms with Crippen molar-refractivity contribution in [3.63, 3.8) is 0 Å². The first-order valence-electron chi connectivity index (χ1n) is 12.0. The third-order valence-corrected chi connectivity index (χ3v) is 5.98. The lowest BCUT2D eigenvalue weighted by atomic mass is 9.82. The van der Waals surface area contributed by atoms with E-state index in [1.807, 2.05) is 6.92 Å². The van der Waals surface area contributed by atoms with E-state index in [4.69, 9.17) is 14.2 Å². The van der Waals surface area contributed by atoms with Gasteiger partial charge in [0, 0.05) is 13.2 Å². The summed E-state index contributed by atoms with van der Waals surface area (Å²) in [6.07, 6.45) is 8.95. The molecule has 0 aromatic carbocycles. The molecule has 1 aliphatic carbocycles. The first-order valence-corrected chi connectivity index (χ1v) is 12.0. The number of rotatable bonds is 16. The molecule has 1 saturated carbocycles. The number of carbonyl (C=O) groups is 2. The highest BCUT2D eigenvalue weighted by molar-refractivity contribution is 5.75. The largest absolute Gasteiger partial charge is 0.465 e. The highest BCUT2D eigenvalue weighted by atomic mass is 16.6. The number of aliphatic hydroxyl groups is 1. The van der Waals surface area contributed by atoms with Crippen LogP contribution in [0.1, 0.15) is 85.0 Å². The molecule has 2 atom stereocenters. The molecule has 1 fully saturated rings. The van der Waals surface area contributed by atoms with Crippen molar-refractivity contribution in [2.24, 2.45) is 23.7 Å². The maximum absolute atomic E-state index is 12.5. The highest BCUT2D eigenvalue weighted by Gasteiger charge is 2.32. The van der Waals surface area contributed by atoms with Crippen molar-refractivity contribution in [2.45, 2.75) is 85.0 Å². The minimum absolute atomic E-state index is 0.117. The maximum Gasteiger partial charge on any atom is 0.309 e. The van der Waals surface area contributed by atoms with E-state index in [1.54, 1.807) is 0 Å². The molecule has 0 bridgehead atoms. The van der Waals surface area contributed by atoms with E-state index in [2.05, 4.69) is 13.8 Å². The quantitative estimate of drug-likeness (QED) is 0.287. The molecule has 0 aromatic rings. The Hall–Kier alpha value is -1.14. The smallest absolute Gasteiger partial charge is 0.309 e. The van der Waals surface area contributed by atoms with Crippen LogP contribution < -0.4 is 0 Å². The molecule has 0 saturated heterocycles. The third kappa shape index (κ3) is 11.3. The lowest BCUT2D eigenvalue weighted by Crippen LogP contribution is -2.29. The van der Waals surface area contributed by atoms with Crippen molar-refractivity contribution < 1.29 is 28.9 Å². The van der Waals surface area contributed by atoms with E-state index in [-0.39, 0.29) is 36.3 Å². The molecule has 30 heavy (non-hydrogen) atoms. The van der Waals surface area contributed by atoms with Crippen molar-refractivity contribution in [3.05, 3.63) is 0 Å². The van der Waals surface area contributed by atoms with Crippen LogP contribution in [0.3, 0.4) is 0 Å². The minimum Gasteiger partial charge on any atom is -0.465 e. The second-order valence-corrected chi connectivity index (χ2v) is 8.84. The Kier molecular flexibility index (Phi) is 14.8. The maximum atomic E-state index is 12.5. The van der Waals surface area contributed by atoms with Crippen molar-refractivity contribution in [2.75, 3.05) is 33.0 Å². The number of ether oxygens (including phenoxy) is 3. The number of unbranched alkanes of at least 4 members (excludes halogenated alkanes) is 2. The first kappa shape index (κ1) is 26.9. The highest BCUT2D eigenvalue weighted by Crippen LogP contribution is 2.31. The Labute approximate surface area is 183 Å². The van der Waals surface area contributed by atoms with Gasteiger partial charge in [-0.15, -0.1) is 0 Å². The van der Waals surface area contributed by atoms with Gasteiger partial charge in [0.1, 0.15) is 6.61 Å². The normalized spacial score (nSPS) is 21.1. The summed E-state index contributed by atoms with van der Waals surface area (Å²) in [5, 5.41) is 9.31. The van der Waals surface area contributed by atoms with Gasteiger partial charge < -0.3 is 19.3 Å². The van der Waals surface area contributed by atoms with Crippen LogP contribution in [-0.2, 0) is 23.8 Å². The van der Waals surface area contributed by atoms with E-state index < -0.39 is 0 Å². The molecule has 6 heteroatoms. The van der Waals surface area contributed by atoms with E-state index in [0.717, 1.165) is 38.5 Å². The van der Waals surface area contributed by atoms with Crippen LogP contribution in [0.5, 0.6) is 0 Å². The number of hydrogen-bond acceptors (Lipinski definition) is 6. The molecular formula is C24H44O6. The molecule has 0 aliphatic heterocycles. The molecule has 1 aliphatic rings. The molecule has 0 heterocycles. The number of hydrogen-bond donors (Lipinski definition) is 1. The van der Waals surface area contributed by atoms with Gasteiger partial charge >= 0.3 is 11.9 Å². The first-order chi connectivity index (χ1) is 14.5. The molecule has 1 N–H and O–H groups in total. The molecule has 1 unspecified atom stereocenters. The molecular weight excluding hydrogens is 384 g/mol. The van der Waals surface area contributed by atoms with Crippen molar-refractivity contribution in [1.82, 2.24) is 0 Å². The van der Waals surface area contributed by atoms with Gasteiger partial charge in [-0.25, -0.2) is 0 Å². The van der Waals surface area contributed by atoms with E-state index in [0.29, 0.717) is 58.0 Å². The van der Waals surface area contributed by atoms with Gasteiger partial charge in [0.05, 0.1) is 25.0 Å². The van der Waals surface area contributed by atoms with Crippen LogP contribution in [0.15, 0.2) is 0 Å². The Morgan fingerprint density at radius 3 is 2.07 bits per heavy atom. The summed E-state index contributed by atoms with van der Waals surface area (Å²) in [5.74, 6) is -0.00490. The summed E-state index contributed by atoms with van der Waals surface area (Å²) >= 11 is 0. The molecule has 0 amide bonds. The zero-order valence-electron chi connectivity index (χ0n) is 19.4. The van der Waals surface area contributed by atoms with Gasteiger partial charge in [0.2, 0.25) is 0 Å². The van der Waals surface area contributed by atoms with Gasteiger partial charge in [0.15, 0.2) is 0 Å². The Morgan fingerprint density at radius 1 is 0.900 bits per heavy atom. The van der Waals surface area contributed by atoms with Crippen LogP contribution in [0.2, 0.25) is 0 Å². The van der Waals surface area contributed by atoms with Gasteiger partial charge in [-0.1, -0.05) is 40.0 Å². The van der Waals surface area contributed by atoms with Gasteiger partial charge in [0.25, 0.3) is 0 Å². The predicted molar refractivity (Wildman–Crippen MR) is 117 cm³/mol. The summed E-state index contributed by atoms with van der Waals surface area (Å²) in [5.41, 5.74) is 0. The lowest BCUT2D eigenvalue weighted by Gasteiger charge is -2.27. The van der Waals surface area contributed by atoms with Crippen molar-refractivity contribution >= 4 is 11.9 Å². The van der Waals surface area contributed by atoms with Crippen LogP contribution in [0.25, 0.3) is 0 Å². The molecule has 0 spiro atoms. The number of carbonyl (C=O) groups excluding carboxylic acids is 2.